The van der Waals surface area contributed by atoms with Gasteiger partial charge in [-0.25, -0.2) is 0 Å². The molecule has 0 bridgehead atoms. The highest BCUT2D eigenvalue weighted by atomic mass is 32.2. The third-order valence-electron chi connectivity index (χ3n) is 5.48. The molecule has 0 heterocycles. The Morgan fingerprint density at radius 3 is 1.60 bits per heavy atom. The van der Waals surface area contributed by atoms with Gasteiger partial charge in [0, 0.05) is 4.90 Å². The van der Waals surface area contributed by atoms with Crippen LogP contribution in [0.4, 0.5) is 0 Å². The average Bonchev–Trinajstić information content (AvgIpc) is 2.62. The number of benzene rings is 2. The first kappa shape index (κ1) is 24.8. The molecule has 0 atom stereocenters. The Balaban J connectivity index is 2.72. The normalized spacial score (nSPS) is 12.5. The van der Waals surface area contributed by atoms with Crippen molar-refractivity contribution in [3.63, 3.8) is 0 Å². The van der Waals surface area contributed by atoms with Gasteiger partial charge in [-0.2, -0.15) is 8.42 Å². The minimum absolute atomic E-state index is 0.0571. The Bertz CT molecular complexity index is 988. The first-order chi connectivity index (χ1) is 13.8. The molecule has 0 spiro atoms. The molecule has 0 aliphatic carbocycles. The molecule has 0 amide bonds. The van der Waals surface area contributed by atoms with Gasteiger partial charge in [-0.3, -0.25) is 0 Å². The predicted molar refractivity (Wildman–Crippen MR) is 129 cm³/mol. The quantitative estimate of drug-likeness (QED) is 0.351. The molecule has 0 aromatic heterocycles. The van der Waals surface area contributed by atoms with Crippen LogP contribution in [0.25, 0.3) is 0 Å². The van der Waals surface area contributed by atoms with E-state index >= 15 is 0 Å². The second-order valence-corrected chi connectivity index (χ2v) is 11.3. The van der Waals surface area contributed by atoms with E-state index in [1.165, 1.54) is 0 Å². The van der Waals surface area contributed by atoms with Crippen molar-refractivity contribution in [1.29, 1.82) is 0 Å². The summed E-state index contributed by atoms with van der Waals surface area (Å²) in [6, 6.07) is 7.74. The van der Waals surface area contributed by atoms with Gasteiger partial charge in [0.1, 0.15) is 10.6 Å². The zero-order valence-electron chi connectivity index (χ0n) is 19.7. The van der Waals surface area contributed by atoms with E-state index < -0.39 is 10.1 Å². The summed E-state index contributed by atoms with van der Waals surface area (Å²) < 4.78 is 33.0. The number of hydrogen-bond donors (Lipinski definition) is 1. The maximum Gasteiger partial charge on any atom is 0.339 e. The Morgan fingerprint density at radius 1 is 0.733 bits per heavy atom. The smallest absolute Gasteiger partial charge is 0.339 e. The van der Waals surface area contributed by atoms with Crippen LogP contribution in [0.2, 0.25) is 0 Å². The lowest BCUT2D eigenvalue weighted by Crippen LogP contribution is -2.18. The van der Waals surface area contributed by atoms with E-state index in [9.17, 15) is 8.42 Å². The van der Waals surface area contributed by atoms with E-state index in [0.29, 0.717) is 16.6 Å². The lowest BCUT2D eigenvalue weighted by Gasteiger charge is -2.23. The van der Waals surface area contributed by atoms with Crippen LogP contribution in [-0.2, 0) is 10.1 Å². The molecular weight excluding hydrogens is 412 g/mol. The minimum atomic E-state index is -4.01. The van der Waals surface area contributed by atoms with Gasteiger partial charge in [-0.15, -0.1) is 12.6 Å². The Hall–Kier alpha value is -1.46. The first-order valence-electron chi connectivity index (χ1n) is 10.7. The Morgan fingerprint density at radius 2 is 1.20 bits per heavy atom. The van der Waals surface area contributed by atoms with Crippen LogP contribution in [0.1, 0.15) is 107 Å². The van der Waals surface area contributed by atoms with Gasteiger partial charge in [0.2, 0.25) is 0 Å². The van der Waals surface area contributed by atoms with E-state index in [1.807, 2.05) is 58.9 Å². The molecule has 0 unspecified atom stereocenters. The Kier molecular flexibility index (Phi) is 7.73. The molecule has 0 N–H and O–H groups in total. The number of hydrogen-bond acceptors (Lipinski definition) is 4. The minimum Gasteiger partial charge on any atom is -0.379 e. The summed E-state index contributed by atoms with van der Waals surface area (Å²) in [4.78, 5) is 1.16. The van der Waals surface area contributed by atoms with Crippen molar-refractivity contribution in [1.82, 2.24) is 0 Å². The molecule has 0 radical (unpaired) electrons. The van der Waals surface area contributed by atoms with Crippen molar-refractivity contribution in [2.45, 2.75) is 95.8 Å². The highest BCUT2D eigenvalue weighted by Gasteiger charge is 2.29. The number of rotatable bonds is 7. The lowest BCUT2D eigenvalue weighted by molar-refractivity contribution is 0.479. The van der Waals surface area contributed by atoms with Crippen molar-refractivity contribution < 1.29 is 12.6 Å². The van der Waals surface area contributed by atoms with Gasteiger partial charge in [-0.1, -0.05) is 67.5 Å². The second-order valence-electron chi connectivity index (χ2n) is 9.36. The second kappa shape index (κ2) is 9.35. The van der Waals surface area contributed by atoms with Gasteiger partial charge < -0.3 is 4.18 Å². The summed E-state index contributed by atoms with van der Waals surface area (Å²) in [6.45, 7) is 18.3. The van der Waals surface area contributed by atoms with Crippen LogP contribution in [0.3, 0.4) is 0 Å². The van der Waals surface area contributed by atoms with Crippen LogP contribution < -0.4 is 4.18 Å². The SMILES string of the molecule is Cc1cc(S)c(C(C)C)cc1OS(=O)(=O)c1c(C(C)C)cc(C(C)C)cc1C(C)C. The topological polar surface area (TPSA) is 43.4 Å². The van der Waals surface area contributed by atoms with Crippen molar-refractivity contribution in [3.05, 3.63) is 52.1 Å². The van der Waals surface area contributed by atoms with Gasteiger partial charge in [0.25, 0.3) is 0 Å². The zero-order chi connectivity index (χ0) is 23.0. The standard InChI is InChI=1S/C25H36O3S2/c1-14(2)19-11-21(16(5)6)25(22(12-19)17(7)8)30(26,27)28-23-13-20(15(3)4)24(29)10-18(23)9/h10-17,29H,1-9H3. The highest BCUT2D eigenvalue weighted by Crippen LogP contribution is 2.38. The van der Waals surface area contributed by atoms with Crippen molar-refractivity contribution >= 4 is 22.7 Å². The fourth-order valence-corrected chi connectivity index (χ4v) is 5.76. The summed E-state index contributed by atoms with van der Waals surface area (Å²) in [5.41, 5.74) is 4.51. The zero-order valence-corrected chi connectivity index (χ0v) is 21.4. The Labute approximate surface area is 188 Å². The molecular formula is C25H36O3S2. The van der Waals surface area contributed by atoms with Crippen LogP contribution in [-0.4, -0.2) is 8.42 Å². The molecule has 0 saturated carbocycles. The van der Waals surface area contributed by atoms with Gasteiger partial charge in [-0.05, 0) is 70.5 Å². The molecule has 0 aliphatic heterocycles. The molecule has 0 fully saturated rings. The van der Waals surface area contributed by atoms with Crippen LogP contribution >= 0.6 is 12.6 Å². The summed E-state index contributed by atoms with van der Waals surface area (Å²) in [7, 11) is -4.01. The van der Waals surface area contributed by atoms with Gasteiger partial charge in [0.05, 0.1) is 0 Å². The molecule has 0 saturated heterocycles. The van der Waals surface area contributed by atoms with Crippen LogP contribution in [0.15, 0.2) is 34.1 Å². The fourth-order valence-electron chi connectivity index (χ4n) is 3.58. The van der Waals surface area contributed by atoms with E-state index in [0.717, 1.165) is 32.7 Å². The van der Waals surface area contributed by atoms with E-state index in [2.05, 4.69) is 40.3 Å². The molecule has 30 heavy (non-hydrogen) atoms. The monoisotopic (exact) mass is 448 g/mol. The van der Waals surface area contributed by atoms with Gasteiger partial charge >= 0.3 is 10.1 Å². The maximum absolute atomic E-state index is 13.6. The fraction of sp³-hybridized carbons (Fsp3) is 0.520. The largest absolute Gasteiger partial charge is 0.379 e. The lowest BCUT2D eigenvalue weighted by atomic mass is 9.89. The molecule has 2 aromatic rings. The first-order valence-corrected chi connectivity index (χ1v) is 12.6. The summed E-state index contributed by atoms with van der Waals surface area (Å²) in [6.07, 6.45) is 0. The van der Waals surface area contributed by atoms with E-state index in [-0.39, 0.29) is 17.8 Å². The van der Waals surface area contributed by atoms with Crippen LogP contribution in [0, 0.1) is 6.92 Å². The predicted octanol–water partition coefficient (Wildman–Crippen LogP) is 7.55. The molecule has 2 aromatic carbocycles. The molecule has 0 aliphatic rings. The van der Waals surface area contributed by atoms with E-state index in [1.54, 1.807) is 0 Å². The van der Waals surface area contributed by atoms with Crippen molar-refractivity contribution in [2.24, 2.45) is 0 Å². The number of aryl methyl sites for hydroxylation is 1. The summed E-state index contributed by atoms with van der Waals surface area (Å²) in [5, 5.41) is 0. The molecule has 5 heteroatoms. The molecule has 166 valence electrons. The van der Waals surface area contributed by atoms with Crippen molar-refractivity contribution in [3.8, 4) is 5.75 Å². The maximum atomic E-state index is 13.6. The van der Waals surface area contributed by atoms with Gasteiger partial charge in [0.15, 0.2) is 0 Å². The van der Waals surface area contributed by atoms with E-state index in [4.69, 9.17) is 4.18 Å². The summed E-state index contributed by atoms with van der Waals surface area (Å²) >= 11 is 4.55. The molecule has 2 rings (SSSR count). The molecule has 3 nitrogen and oxygen atoms in total. The average molecular weight is 449 g/mol. The van der Waals surface area contributed by atoms with Crippen molar-refractivity contribution in [2.75, 3.05) is 0 Å². The third-order valence-corrected chi connectivity index (χ3v) is 7.23. The summed E-state index contributed by atoms with van der Waals surface area (Å²) in [5.74, 6) is 1.01. The van der Waals surface area contributed by atoms with Crippen LogP contribution in [0.5, 0.6) is 5.75 Å². The number of thiol groups is 1. The third kappa shape index (κ3) is 5.23. The highest BCUT2D eigenvalue weighted by molar-refractivity contribution is 7.87.